The minimum absolute atomic E-state index is 0.102. The molecule has 1 heterocycles. The summed E-state index contributed by atoms with van der Waals surface area (Å²) in [6, 6.07) is 11.1. The van der Waals surface area contributed by atoms with Gasteiger partial charge in [0.15, 0.2) is 5.78 Å². The summed E-state index contributed by atoms with van der Waals surface area (Å²) in [6.07, 6.45) is 1.72. The van der Waals surface area contributed by atoms with Crippen LogP contribution >= 0.6 is 43.5 Å². The molecule has 0 spiro atoms. The number of fused-ring (bicyclic) bond motifs is 1. The van der Waals surface area contributed by atoms with Crippen LogP contribution in [0.5, 0.6) is 0 Å². The van der Waals surface area contributed by atoms with Gasteiger partial charge in [-0.1, -0.05) is 39.7 Å². The second-order valence-corrected chi connectivity index (χ2v) is 6.38. The number of hydrogen-bond donors (Lipinski definition) is 1. The van der Waals surface area contributed by atoms with Crippen LogP contribution in [-0.2, 0) is 0 Å². The van der Waals surface area contributed by atoms with Crippen molar-refractivity contribution in [2.24, 2.45) is 0 Å². The molecule has 0 atom stereocenters. The Morgan fingerprint density at radius 1 is 1.00 bits per heavy atom. The van der Waals surface area contributed by atoms with Gasteiger partial charge in [0, 0.05) is 37.2 Å². The van der Waals surface area contributed by atoms with Crippen molar-refractivity contribution in [2.45, 2.75) is 0 Å². The van der Waals surface area contributed by atoms with Gasteiger partial charge < -0.3 is 4.98 Å². The summed E-state index contributed by atoms with van der Waals surface area (Å²) in [5.74, 6) is -0.102. The number of halogens is 3. The van der Waals surface area contributed by atoms with Crippen molar-refractivity contribution in [1.29, 1.82) is 0 Å². The Labute approximate surface area is 137 Å². The Morgan fingerprint density at radius 2 is 1.70 bits per heavy atom. The third-order valence-corrected chi connectivity index (χ3v) is 5.05. The van der Waals surface area contributed by atoms with E-state index in [4.69, 9.17) is 11.6 Å². The van der Waals surface area contributed by atoms with Crippen molar-refractivity contribution in [3.63, 3.8) is 0 Å². The molecule has 0 aliphatic carbocycles. The largest absolute Gasteiger partial charge is 0.360 e. The van der Waals surface area contributed by atoms with Crippen LogP contribution in [-0.4, -0.2) is 10.8 Å². The minimum atomic E-state index is -0.102. The van der Waals surface area contributed by atoms with E-state index in [1.54, 1.807) is 18.3 Å². The van der Waals surface area contributed by atoms with Crippen LogP contribution in [0.15, 0.2) is 51.5 Å². The quantitative estimate of drug-likeness (QED) is 0.547. The molecule has 0 bridgehead atoms. The average molecular weight is 413 g/mol. The zero-order valence-corrected chi connectivity index (χ0v) is 14.0. The topological polar surface area (TPSA) is 32.9 Å². The standard InChI is InChI=1S/C15H8Br2ClNO/c16-10-4-2-6-12-13(10)9(7-19-12)15(20)8-3-1-5-11(17)14(8)18/h1-7,19H. The summed E-state index contributed by atoms with van der Waals surface area (Å²) in [7, 11) is 0. The Hall–Kier alpha value is -1.10. The number of hydrogen-bond acceptors (Lipinski definition) is 1. The molecule has 0 amide bonds. The maximum absolute atomic E-state index is 12.7. The van der Waals surface area contributed by atoms with Gasteiger partial charge in [-0.05, 0) is 40.2 Å². The molecule has 20 heavy (non-hydrogen) atoms. The smallest absolute Gasteiger partial charge is 0.196 e. The van der Waals surface area contributed by atoms with E-state index in [2.05, 4.69) is 36.8 Å². The Balaban J connectivity index is 2.21. The molecule has 2 nitrogen and oxygen atoms in total. The van der Waals surface area contributed by atoms with Crippen LogP contribution < -0.4 is 0 Å². The fourth-order valence-electron chi connectivity index (χ4n) is 2.14. The molecule has 1 N–H and O–H groups in total. The van der Waals surface area contributed by atoms with Gasteiger partial charge in [0.1, 0.15) is 0 Å². The van der Waals surface area contributed by atoms with Gasteiger partial charge in [-0.2, -0.15) is 0 Å². The molecule has 2 aromatic carbocycles. The number of benzene rings is 2. The Kier molecular flexibility index (Phi) is 3.71. The van der Waals surface area contributed by atoms with Gasteiger partial charge in [0.25, 0.3) is 0 Å². The van der Waals surface area contributed by atoms with E-state index < -0.39 is 0 Å². The molecule has 0 saturated heterocycles. The van der Waals surface area contributed by atoms with Crippen molar-refractivity contribution in [1.82, 2.24) is 4.98 Å². The minimum Gasteiger partial charge on any atom is -0.360 e. The molecule has 0 radical (unpaired) electrons. The number of carbonyl (C=O) groups excluding carboxylic acids is 1. The van der Waals surface area contributed by atoms with Gasteiger partial charge >= 0.3 is 0 Å². The van der Waals surface area contributed by atoms with Crippen molar-refractivity contribution in [2.75, 3.05) is 0 Å². The predicted molar refractivity (Wildman–Crippen MR) is 88.6 cm³/mol. The van der Waals surface area contributed by atoms with Crippen LogP contribution in [0.25, 0.3) is 10.9 Å². The molecule has 3 rings (SSSR count). The third-order valence-electron chi connectivity index (χ3n) is 3.10. The zero-order chi connectivity index (χ0) is 14.3. The highest BCUT2D eigenvalue weighted by Crippen LogP contribution is 2.32. The van der Waals surface area contributed by atoms with Crippen molar-refractivity contribution in [3.8, 4) is 0 Å². The van der Waals surface area contributed by atoms with E-state index in [0.29, 0.717) is 20.6 Å². The summed E-state index contributed by atoms with van der Waals surface area (Å²) >= 11 is 13.0. The lowest BCUT2D eigenvalue weighted by molar-refractivity contribution is 0.104. The molecule has 0 aliphatic heterocycles. The van der Waals surface area contributed by atoms with E-state index in [1.807, 2.05) is 24.3 Å². The first-order valence-corrected chi connectivity index (χ1v) is 7.80. The number of carbonyl (C=O) groups is 1. The van der Waals surface area contributed by atoms with Crippen LogP contribution in [0.4, 0.5) is 0 Å². The Morgan fingerprint density at radius 3 is 2.50 bits per heavy atom. The van der Waals surface area contributed by atoms with E-state index in [-0.39, 0.29) is 5.78 Å². The maximum Gasteiger partial charge on any atom is 0.196 e. The van der Waals surface area contributed by atoms with E-state index >= 15 is 0 Å². The lowest BCUT2D eigenvalue weighted by Crippen LogP contribution is -2.01. The molecular formula is C15H8Br2ClNO. The summed E-state index contributed by atoms with van der Waals surface area (Å²) in [4.78, 5) is 15.8. The number of nitrogens with one attached hydrogen (secondary N) is 1. The molecule has 0 unspecified atom stereocenters. The molecule has 1 aromatic heterocycles. The van der Waals surface area contributed by atoms with E-state index in [9.17, 15) is 4.79 Å². The Bertz CT molecular complexity index is 826. The first kappa shape index (κ1) is 13.9. The highest BCUT2D eigenvalue weighted by atomic mass is 79.9. The number of ketones is 1. The van der Waals surface area contributed by atoms with Crippen LogP contribution in [0.3, 0.4) is 0 Å². The van der Waals surface area contributed by atoms with Gasteiger partial charge in [0.05, 0.1) is 5.02 Å². The van der Waals surface area contributed by atoms with Crippen molar-refractivity contribution in [3.05, 3.63) is 67.7 Å². The molecule has 0 fully saturated rings. The first-order chi connectivity index (χ1) is 9.59. The van der Waals surface area contributed by atoms with Gasteiger partial charge in [-0.25, -0.2) is 0 Å². The van der Waals surface area contributed by atoms with Crippen molar-refractivity contribution >= 4 is 60.1 Å². The molecule has 5 heteroatoms. The monoisotopic (exact) mass is 411 g/mol. The second kappa shape index (κ2) is 5.35. The highest BCUT2D eigenvalue weighted by molar-refractivity contribution is 9.11. The average Bonchev–Trinajstić information content (AvgIpc) is 2.86. The molecule has 0 saturated carbocycles. The third kappa shape index (κ3) is 2.22. The number of H-pyrrole nitrogens is 1. The van der Waals surface area contributed by atoms with E-state index in [0.717, 1.165) is 15.4 Å². The summed E-state index contributed by atoms with van der Waals surface area (Å²) in [5.41, 5.74) is 2.00. The van der Waals surface area contributed by atoms with Crippen LogP contribution in [0.2, 0.25) is 5.02 Å². The number of aromatic nitrogens is 1. The fraction of sp³-hybridized carbons (Fsp3) is 0. The molecular weight excluding hydrogens is 405 g/mol. The number of aromatic amines is 1. The lowest BCUT2D eigenvalue weighted by Gasteiger charge is -2.05. The summed E-state index contributed by atoms with van der Waals surface area (Å²) in [6.45, 7) is 0. The summed E-state index contributed by atoms with van der Waals surface area (Å²) < 4.78 is 1.59. The first-order valence-electron chi connectivity index (χ1n) is 5.84. The second-order valence-electron chi connectivity index (χ2n) is 4.30. The van der Waals surface area contributed by atoms with E-state index in [1.165, 1.54) is 0 Å². The normalized spacial score (nSPS) is 10.9. The highest BCUT2D eigenvalue weighted by Gasteiger charge is 2.19. The SMILES string of the molecule is O=C(c1cccc(Br)c1Cl)c1c[nH]c2cccc(Br)c12. The maximum atomic E-state index is 12.7. The lowest BCUT2D eigenvalue weighted by atomic mass is 10.0. The molecule has 0 aliphatic rings. The predicted octanol–water partition coefficient (Wildman–Crippen LogP) is 5.58. The molecule has 100 valence electrons. The zero-order valence-electron chi connectivity index (χ0n) is 10.1. The van der Waals surface area contributed by atoms with Crippen LogP contribution in [0.1, 0.15) is 15.9 Å². The van der Waals surface area contributed by atoms with Gasteiger partial charge in [0.2, 0.25) is 0 Å². The number of rotatable bonds is 2. The van der Waals surface area contributed by atoms with Crippen molar-refractivity contribution < 1.29 is 4.79 Å². The van der Waals surface area contributed by atoms with Gasteiger partial charge in [-0.15, -0.1) is 0 Å². The fourth-order valence-corrected chi connectivity index (χ4v) is 3.30. The van der Waals surface area contributed by atoms with Gasteiger partial charge in [-0.3, -0.25) is 4.79 Å². The summed E-state index contributed by atoms with van der Waals surface area (Å²) in [5, 5.41) is 1.30. The van der Waals surface area contributed by atoms with Crippen LogP contribution in [0, 0.1) is 0 Å². The molecule has 3 aromatic rings.